The van der Waals surface area contributed by atoms with E-state index in [1.165, 1.54) is 10.9 Å². The first-order valence-corrected chi connectivity index (χ1v) is 7.04. The van der Waals surface area contributed by atoms with E-state index in [4.69, 9.17) is 4.52 Å². The third-order valence-corrected chi connectivity index (χ3v) is 3.48. The summed E-state index contributed by atoms with van der Waals surface area (Å²) in [4.78, 5) is 15.0. The standard InChI is InChI=1S/C16H17N3O2/c20-16(18-11-13-8-9-19-21-13)7-3-4-12-10-17-15-6-2-1-5-14(12)15/h1-2,5-6,8-10,17H,3-4,7,11H2,(H,18,20). The highest BCUT2D eigenvalue weighted by Gasteiger charge is 2.06. The van der Waals surface area contributed by atoms with Crippen molar-refractivity contribution >= 4 is 16.8 Å². The van der Waals surface area contributed by atoms with Crippen LogP contribution in [0.25, 0.3) is 10.9 Å². The van der Waals surface area contributed by atoms with Crippen LogP contribution >= 0.6 is 0 Å². The number of aromatic nitrogens is 2. The highest BCUT2D eigenvalue weighted by molar-refractivity contribution is 5.83. The quantitative estimate of drug-likeness (QED) is 0.730. The minimum absolute atomic E-state index is 0.0336. The monoisotopic (exact) mass is 283 g/mol. The predicted octanol–water partition coefficient (Wildman–Crippen LogP) is 2.80. The molecule has 21 heavy (non-hydrogen) atoms. The average molecular weight is 283 g/mol. The van der Waals surface area contributed by atoms with Gasteiger partial charge in [-0.1, -0.05) is 23.4 Å². The molecule has 5 heteroatoms. The smallest absolute Gasteiger partial charge is 0.220 e. The van der Waals surface area contributed by atoms with Crippen LogP contribution in [-0.4, -0.2) is 16.0 Å². The number of aromatic amines is 1. The van der Waals surface area contributed by atoms with Crippen LogP contribution in [0.3, 0.4) is 0 Å². The third-order valence-electron chi connectivity index (χ3n) is 3.48. The molecular formula is C16H17N3O2. The molecule has 0 bridgehead atoms. The van der Waals surface area contributed by atoms with Crippen LogP contribution in [0.2, 0.25) is 0 Å². The summed E-state index contributed by atoms with van der Waals surface area (Å²) in [5.41, 5.74) is 2.40. The summed E-state index contributed by atoms with van der Waals surface area (Å²) in [6.45, 7) is 0.395. The zero-order valence-corrected chi connectivity index (χ0v) is 11.6. The fourth-order valence-corrected chi connectivity index (χ4v) is 2.39. The Balaban J connectivity index is 1.46. The lowest BCUT2D eigenvalue weighted by Crippen LogP contribution is -2.22. The first-order chi connectivity index (χ1) is 10.3. The highest BCUT2D eigenvalue weighted by atomic mass is 16.5. The van der Waals surface area contributed by atoms with E-state index in [-0.39, 0.29) is 5.91 Å². The fourth-order valence-electron chi connectivity index (χ4n) is 2.39. The van der Waals surface area contributed by atoms with E-state index in [2.05, 4.69) is 27.6 Å². The topological polar surface area (TPSA) is 70.9 Å². The summed E-state index contributed by atoms with van der Waals surface area (Å²) in [6, 6.07) is 9.95. The molecule has 0 unspecified atom stereocenters. The number of benzene rings is 1. The van der Waals surface area contributed by atoms with Gasteiger partial charge in [-0.2, -0.15) is 0 Å². The Kier molecular flexibility index (Phi) is 4.00. The summed E-state index contributed by atoms with van der Waals surface area (Å²) in [6.07, 6.45) is 5.81. The molecule has 0 saturated heterocycles. The first kappa shape index (κ1) is 13.4. The number of amides is 1. The summed E-state index contributed by atoms with van der Waals surface area (Å²) in [7, 11) is 0. The van der Waals surface area contributed by atoms with Crippen LogP contribution in [0.15, 0.2) is 47.2 Å². The molecule has 5 nitrogen and oxygen atoms in total. The van der Waals surface area contributed by atoms with Crippen molar-refractivity contribution in [3.05, 3.63) is 54.0 Å². The molecule has 0 atom stereocenters. The molecule has 1 amide bonds. The maximum atomic E-state index is 11.7. The lowest BCUT2D eigenvalue weighted by Gasteiger charge is -2.03. The number of fused-ring (bicyclic) bond motifs is 1. The van der Waals surface area contributed by atoms with Gasteiger partial charge in [0.2, 0.25) is 5.91 Å². The van der Waals surface area contributed by atoms with Gasteiger partial charge < -0.3 is 14.8 Å². The van der Waals surface area contributed by atoms with Gasteiger partial charge in [0.1, 0.15) is 0 Å². The van der Waals surface area contributed by atoms with E-state index in [0.29, 0.717) is 18.7 Å². The van der Waals surface area contributed by atoms with Crippen molar-refractivity contribution in [2.45, 2.75) is 25.8 Å². The molecule has 0 aliphatic rings. The van der Waals surface area contributed by atoms with Gasteiger partial charge in [-0.3, -0.25) is 4.79 Å². The molecule has 0 fully saturated rings. The van der Waals surface area contributed by atoms with Gasteiger partial charge >= 0.3 is 0 Å². The lowest BCUT2D eigenvalue weighted by atomic mass is 10.1. The summed E-state index contributed by atoms with van der Waals surface area (Å²) in [5, 5.41) is 7.65. The lowest BCUT2D eigenvalue weighted by molar-refractivity contribution is -0.121. The Bertz CT molecular complexity index is 716. The average Bonchev–Trinajstić information content (AvgIpc) is 3.15. The summed E-state index contributed by atoms with van der Waals surface area (Å²) < 4.78 is 4.93. The number of nitrogens with zero attached hydrogens (tertiary/aromatic N) is 1. The normalized spacial score (nSPS) is 10.9. The number of hydrogen-bond acceptors (Lipinski definition) is 3. The van der Waals surface area contributed by atoms with Gasteiger partial charge in [-0.25, -0.2) is 0 Å². The van der Waals surface area contributed by atoms with E-state index in [1.807, 2.05) is 18.3 Å². The molecule has 0 radical (unpaired) electrons. The number of para-hydroxylation sites is 1. The SMILES string of the molecule is O=C(CCCc1c[nH]c2ccccc12)NCc1ccno1. The van der Waals surface area contributed by atoms with Crippen molar-refractivity contribution in [3.63, 3.8) is 0 Å². The summed E-state index contributed by atoms with van der Waals surface area (Å²) >= 11 is 0. The van der Waals surface area contributed by atoms with Gasteiger partial charge in [0.05, 0.1) is 12.7 Å². The van der Waals surface area contributed by atoms with E-state index in [9.17, 15) is 4.79 Å². The largest absolute Gasteiger partial charge is 0.361 e. The van der Waals surface area contributed by atoms with Crippen molar-refractivity contribution in [1.82, 2.24) is 15.5 Å². The molecule has 0 spiro atoms. The molecule has 2 N–H and O–H groups in total. The minimum atomic E-state index is 0.0336. The van der Waals surface area contributed by atoms with Crippen LogP contribution in [0, 0.1) is 0 Å². The first-order valence-electron chi connectivity index (χ1n) is 7.04. The van der Waals surface area contributed by atoms with Crippen molar-refractivity contribution in [1.29, 1.82) is 0 Å². The third kappa shape index (κ3) is 3.31. The molecule has 1 aromatic carbocycles. The molecular weight excluding hydrogens is 266 g/mol. The van der Waals surface area contributed by atoms with Crippen LogP contribution in [0.1, 0.15) is 24.2 Å². The van der Waals surface area contributed by atoms with Crippen molar-refractivity contribution in [3.8, 4) is 0 Å². The minimum Gasteiger partial charge on any atom is -0.361 e. The van der Waals surface area contributed by atoms with Crippen molar-refractivity contribution in [2.24, 2.45) is 0 Å². The number of carbonyl (C=O) groups is 1. The van der Waals surface area contributed by atoms with Gasteiger partial charge in [-0.15, -0.1) is 0 Å². The zero-order valence-electron chi connectivity index (χ0n) is 11.6. The Morgan fingerprint density at radius 3 is 3.05 bits per heavy atom. The number of nitrogens with one attached hydrogen (secondary N) is 2. The maximum Gasteiger partial charge on any atom is 0.220 e. The van der Waals surface area contributed by atoms with E-state index >= 15 is 0 Å². The van der Waals surface area contributed by atoms with E-state index in [0.717, 1.165) is 18.4 Å². The number of rotatable bonds is 6. The number of hydrogen-bond donors (Lipinski definition) is 2. The van der Waals surface area contributed by atoms with Gasteiger partial charge in [0, 0.05) is 29.6 Å². The molecule has 2 aromatic heterocycles. The molecule has 108 valence electrons. The molecule has 2 heterocycles. The zero-order chi connectivity index (χ0) is 14.5. The van der Waals surface area contributed by atoms with Crippen LogP contribution in [0.5, 0.6) is 0 Å². The molecule has 0 saturated carbocycles. The Hall–Kier alpha value is -2.56. The molecule has 0 aliphatic carbocycles. The van der Waals surface area contributed by atoms with Gasteiger partial charge in [0.25, 0.3) is 0 Å². The molecule has 3 aromatic rings. The summed E-state index contributed by atoms with van der Waals surface area (Å²) in [5.74, 6) is 0.700. The fraction of sp³-hybridized carbons (Fsp3) is 0.250. The molecule has 0 aliphatic heterocycles. The highest BCUT2D eigenvalue weighted by Crippen LogP contribution is 2.19. The van der Waals surface area contributed by atoms with Gasteiger partial charge in [0.15, 0.2) is 5.76 Å². The Labute approximate surface area is 122 Å². The second-order valence-corrected chi connectivity index (χ2v) is 4.97. The Morgan fingerprint density at radius 2 is 2.19 bits per heavy atom. The number of carbonyl (C=O) groups excluding carboxylic acids is 1. The van der Waals surface area contributed by atoms with E-state index in [1.54, 1.807) is 12.3 Å². The van der Waals surface area contributed by atoms with Crippen LogP contribution < -0.4 is 5.32 Å². The second kappa shape index (κ2) is 6.26. The maximum absolute atomic E-state index is 11.7. The van der Waals surface area contributed by atoms with Gasteiger partial charge in [-0.05, 0) is 24.5 Å². The van der Waals surface area contributed by atoms with Crippen LogP contribution in [0.4, 0.5) is 0 Å². The second-order valence-electron chi connectivity index (χ2n) is 4.97. The van der Waals surface area contributed by atoms with Crippen molar-refractivity contribution in [2.75, 3.05) is 0 Å². The molecule has 3 rings (SSSR count). The van der Waals surface area contributed by atoms with Crippen LogP contribution in [-0.2, 0) is 17.8 Å². The number of aryl methyl sites for hydroxylation is 1. The Morgan fingerprint density at radius 1 is 1.29 bits per heavy atom. The van der Waals surface area contributed by atoms with E-state index < -0.39 is 0 Å². The number of H-pyrrole nitrogens is 1. The predicted molar refractivity (Wildman–Crippen MR) is 79.6 cm³/mol. The van der Waals surface area contributed by atoms with Crippen molar-refractivity contribution < 1.29 is 9.32 Å².